The summed E-state index contributed by atoms with van der Waals surface area (Å²) in [4.78, 5) is 7.12. The fourth-order valence-corrected chi connectivity index (χ4v) is 2.62. The molecule has 0 unspecified atom stereocenters. The molecule has 0 spiro atoms. The van der Waals surface area contributed by atoms with E-state index in [9.17, 15) is 0 Å². The molecule has 0 radical (unpaired) electrons. The molecule has 5 nitrogen and oxygen atoms in total. The minimum atomic E-state index is 0. The molecular formula is C16H34IN3O2. The fraction of sp³-hybridized carbons (Fsp3) is 0.938. The molecule has 1 rings (SSSR count). The summed E-state index contributed by atoms with van der Waals surface area (Å²) in [6, 6.07) is 0. The van der Waals surface area contributed by atoms with Crippen molar-refractivity contribution in [3.63, 3.8) is 0 Å². The van der Waals surface area contributed by atoms with E-state index in [-0.39, 0.29) is 24.0 Å². The molecule has 6 heteroatoms. The Morgan fingerprint density at radius 1 is 1.18 bits per heavy atom. The van der Waals surface area contributed by atoms with Crippen molar-refractivity contribution < 1.29 is 9.47 Å². The summed E-state index contributed by atoms with van der Waals surface area (Å²) in [6.07, 6.45) is 6.08. The number of unbranched alkanes of at least 4 members (excludes halogenated alkanes) is 2. The van der Waals surface area contributed by atoms with Gasteiger partial charge in [0, 0.05) is 46.5 Å². The summed E-state index contributed by atoms with van der Waals surface area (Å²) in [6.45, 7) is 9.78. The Kier molecular flexibility index (Phi) is 14.5. The van der Waals surface area contributed by atoms with Crippen LogP contribution in [0.1, 0.15) is 46.0 Å². The first-order chi connectivity index (χ1) is 10.3. The van der Waals surface area contributed by atoms with Crippen LogP contribution < -0.4 is 5.32 Å². The van der Waals surface area contributed by atoms with Crippen LogP contribution in [0.2, 0.25) is 0 Å². The van der Waals surface area contributed by atoms with E-state index in [1.165, 1.54) is 6.42 Å². The lowest BCUT2D eigenvalue weighted by atomic mass is 10.1. The predicted octanol–water partition coefficient (Wildman–Crippen LogP) is 2.89. The van der Waals surface area contributed by atoms with Gasteiger partial charge in [0.15, 0.2) is 5.96 Å². The molecule has 22 heavy (non-hydrogen) atoms. The average Bonchev–Trinajstić information content (AvgIpc) is 2.51. The number of hydrogen-bond acceptors (Lipinski definition) is 3. The van der Waals surface area contributed by atoms with Gasteiger partial charge in [-0.25, -0.2) is 0 Å². The zero-order valence-corrected chi connectivity index (χ0v) is 16.8. The number of likely N-dealkylation sites (tertiary alicyclic amines) is 1. The lowest BCUT2D eigenvalue weighted by Gasteiger charge is -2.34. The summed E-state index contributed by atoms with van der Waals surface area (Å²) >= 11 is 0. The summed E-state index contributed by atoms with van der Waals surface area (Å²) in [7, 11) is 1.76. The Balaban J connectivity index is 0.00000441. The number of methoxy groups -OCH3 is 1. The van der Waals surface area contributed by atoms with Crippen molar-refractivity contribution in [3.8, 4) is 0 Å². The largest absolute Gasteiger partial charge is 0.385 e. The molecule has 0 aromatic heterocycles. The third-order valence-corrected chi connectivity index (χ3v) is 3.75. The van der Waals surface area contributed by atoms with Gasteiger partial charge in [0.25, 0.3) is 0 Å². The van der Waals surface area contributed by atoms with E-state index in [2.05, 4.69) is 24.1 Å². The first kappa shape index (κ1) is 21.9. The number of halogens is 1. The highest BCUT2D eigenvalue weighted by Gasteiger charge is 2.21. The Bertz CT molecular complexity index is 283. The van der Waals surface area contributed by atoms with E-state index in [0.717, 1.165) is 71.0 Å². The second-order valence-corrected chi connectivity index (χ2v) is 5.43. The van der Waals surface area contributed by atoms with E-state index in [0.29, 0.717) is 6.10 Å². The molecule has 0 saturated carbocycles. The van der Waals surface area contributed by atoms with Crippen LogP contribution in [-0.4, -0.2) is 63.5 Å². The second-order valence-electron chi connectivity index (χ2n) is 5.43. The zero-order chi connectivity index (χ0) is 15.3. The molecule has 1 fully saturated rings. The third kappa shape index (κ3) is 9.15. The Hall–Kier alpha value is -0.0800. The van der Waals surface area contributed by atoms with Crippen molar-refractivity contribution in [1.29, 1.82) is 0 Å². The van der Waals surface area contributed by atoms with Gasteiger partial charge < -0.3 is 19.7 Å². The van der Waals surface area contributed by atoms with Crippen LogP contribution in [0.25, 0.3) is 0 Å². The van der Waals surface area contributed by atoms with Gasteiger partial charge in [-0.2, -0.15) is 0 Å². The van der Waals surface area contributed by atoms with E-state index in [4.69, 9.17) is 14.5 Å². The third-order valence-electron chi connectivity index (χ3n) is 3.75. The average molecular weight is 427 g/mol. The number of guanidine groups is 1. The van der Waals surface area contributed by atoms with E-state index >= 15 is 0 Å². The maximum atomic E-state index is 5.71. The zero-order valence-electron chi connectivity index (χ0n) is 14.5. The van der Waals surface area contributed by atoms with Gasteiger partial charge in [-0.05, 0) is 46.0 Å². The molecule has 0 amide bonds. The molecular weight excluding hydrogens is 393 g/mol. The van der Waals surface area contributed by atoms with Crippen molar-refractivity contribution in [2.24, 2.45) is 4.99 Å². The monoisotopic (exact) mass is 427 g/mol. The van der Waals surface area contributed by atoms with Crippen LogP contribution in [0.5, 0.6) is 0 Å². The van der Waals surface area contributed by atoms with Gasteiger partial charge >= 0.3 is 0 Å². The highest BCUT2D eigenvalue weighted by Crippen LogP contribution is 2.13. The number of nitrogens with zero attached hydrogens (tertiary/aromatic N) is 2. The molecule has 1 aliphatic heterocycles. The second kappa shape index (κ2) is 14.5. The van der Waals surface area contributed by atoms with Crippen molar-refractivity contribution in [1.82, 2.24) is 10.2 Å². The van der Waals surface area contributed by atoms with Crippen LogP contribution in [-0.2, 0) is 9.47 Å². The quantitative estimate of drug-likeness (QED) is 0.266. The molecule has 0 aliphatic carbocycles. The predicted molar refractivity (Wildman–Crippen MR) is 103 cm³/mol. The maximum Gasteiger partial charge on any atom is 0.193 e. The molecule has 1 heterocycles. The standard InChI is InChI=1S/C16H33N3O2.HI/c1-4-17-16(18-11-7-6-8-14-20-3)19-12-9-15(10-13-19)21-5-2;/h15H,4-14H2,1-3H3,(H,17,18);1H. The topological polar surface area (TPSA) is 46.1 Å². The number of piperidine rings is 1. The van der Waals surface area contributed by atoms with Crippen molar-refractivity contribution >= 4 is 29.9 Å². The maximum absolute atomic E-state index is 5.71. The lowest BCUT2D eigenvalue weighted by molar-refractivity contribution is 0.0264. The van der Waals surface area contributed by atoms with Gasteiger partial charge in [-0.3, -0.25) is 4.99 Å². The lowest BCUT2D eigenvalue weighted by Crippen LogP contribution is -2.47. The minimum Gasteiger partial charge on any atom is -0.385 e. The van der Waals surface area contributed by atoms with Crippen LogP contribution in [0.15, 0.2) is 4.99 Å². The fourth-order valence-electron chi connectivity index (χ4n) is 2.62. The highest BCUT2D eigenvalue weighted by atomic mass is 127. The van der Waals surface area contributed by atoms with Crippen LogP contribution >= 0.6 is 24.0 Å². The number of ether oxygens (including phenoxy) is 2. The molecule has 132 valence electrons. The van der Waals surface area contributed by atoms with Gasteiger partial charge in [-0.15, -0.1) is 24.0 Å². The molecule has 0 aromatic rings. The highest BCUT2D eigenvalue weighted by molar-refractivity contribution is 14.0. The van der Waals surface area contributed by atoms with Crippen LogP contribution in [0, 0.1) is 0 Å². The van der Waals surface area contributed by atoms with Crippen molar-refractivity contribution in [2.45, 2.75) is 52.1 Å². The van der Waals surface area contributed by atoms with Gasteiger partial charge in [0.2, 0.25) is 0 Å². The minimum absolute atomic E-state index is 0. The smallest absolute Gasteiger partial charge is 0.193 e. The molecule has 0 aromatic carbocycles. The Labute approximate surface area is 153 Å². The van der Waals surface area contributed by atoms with Gasteiger partial charge in [0.1, 0.15) is 0 Å². The SMILES string of the molecule is CCNC(=NCCCCCOC)N1CCC(OCC)CC1.I. The normalized spacial score (nSPS) is 16.5. The number of nitrogens with one attached hydrogen (secondary N) is 1. The summed E-state index contributed by atoms with van der Waals surface area (Å²) in [5.74, 6) is 1.07. The van der Waals surface area contributed by atoms with E-state index < -0.39 is 0 Å². The van der Waals surface area contributed by atoms with Gasteiger partial charge in [-0.1, -0.05) is 0 Å². The molecule has 1 saturated heterocycles. The van der Waals surface area contributed by atoms with Crippen LogP contribution in [0.4, 0.5) is 0 Å². The molecule has 1 N–H and O–H groups in total. The number of hydrogen-bond donors (Lipinski definition) is 1. The first-order valence-corrected chi connectivity index (χ1v) is 8.45. The summed E-state index contributed by atoms with van der Waals surface area (Å²) < 4.78 is 10.8. The van der Waals surface area contributed by atoms with Crippen molar-refractivity contribution in [3.05, 3.63) is 0 Å². The summed E-state index contributed by atoms with van der Waals surface area (Å²) in [5, 5.41) is 3.41. The Morgan fingerprint density at radius 2 is 1.91 bits per heavy atom. The number of aliphatic imine (C=N–C) groups is 1. The van der Waals surface area contributed by atoms with Gasteiger partial charge in [0.05, 0.1) is 6.10 Å². The molecule has 0 atom stereocenters. The summed E-state index contributed by atoms with van der Waals surface area (Å²) in [5.41, 5.74) is 0. The Morgan fingerprint density at radius 3 is 2.50 bits per heavy atom. The van der Waals surface area contributed by atoms with Crippen molar-refractivity contribution in [2.75, 3.05) is 46.5 Å². The molecule has 1 aliphatic rings. The van der Waals surface area contributed by atoms with E-state index in [1.807, 2.05) is 0 Å². The molecule has 0 bridgehead atoms. The number of rotatable bonds is 9. The first-order valence-electron chi connectivity index (χ1n) is 8.45. The van der Waals surface area contributed by atoms with E-state index in [1.54, 1.807) is 7.11 Å². The van der Waals surface area contributed by atoms with Crippen LogP contribution in [0.3, 0.4) is 0 Å².